The van der Waals surface area contributed by atoms with E-state index in [0.29, 0.717) is 37.6 Å². The van der Waals surface area contributed by atoms with Crippen molar-refractivity contribution in [3.05, 3.63) is 114 Å². The highest BCUT2D eigenvalue weighted by atomic mass is 32.2. The van der Waals surface area contributed by atoms with Gasteiger partial charge in [-0.05, 0) is 48.4 Å². The van der Waals surface area contributed by atoms with Crippen molar-refractivity contribution in [2.75, 3.05) is 48.4 Å². The van der Waals surface area contributed by atoms with E-state index in [-0.39, 0.29) is 17.2 Å². The highest BCUT2D eigenvalue weighted by molar-refractivity contribution is 7.89. The molecule has 42 heavy (non-hydrogen) atoms. The lowest BCUT2D eigenvalue weighted by Gasteiger charge is -2.38. The Kier molecular flexibility index (Phi) is 9.09. The van der Waals surface area contributed by atoms with Crippen LogP contribution in [0.1, 0.15) is 24.1 Å². The Balaban J connectivity index is 1.40. The number of hydrogen-bond acceptors (Lipinski definition) is 6. The van der Waals surface area contributed by atoms with Crippen molar-refractivity contribution in [2.24, 2.45) is 0 Å². The summed E-state index contributed by atoms with van der Waals surface area (Å²) in [5.41, 5.74) is 3.79. The van der Waals surface area contributed by atoms with Crippen LogP contribution in [-0.2, 0) is 21.2 Å². The molecular formula is C33H36N4O4S. The van der Waals surface area contributed by atoms with E-state index in [1.807, 2.05) is 91.9 Å². The number of anilines is 3. The monoisotopic (exact) mass is 584 g/mol. The molecule has 4 aromatic rings. The summed E-state index contributed by atoms with van der Waals surface area (Å²) in [6.45, 7) is 4.46. The number of nitrogens with one attached hydrogen (secondary N) is 2. The second-order valence-electron chi connectivity index (χ2n) is 10.3. The lowest BCUT2D eigenvalue weighted by molar-refractivity contribution is -0.115. The van der Waals surface area contributed by atoms with E-state index in [1.54, 1.807) is 25.3 Å². The fraction of sp³-hybridized carbons (Fsp3) is 0.242. The molecule has 0 spiro atoms. The third-order valence-electron chi connectivity index (χ3n) is 7.42. The number of hydrogen-bond donors (Lipinski definition) is 2. The van der Waals surface area contributed by atoms with E-state index in [2.05, 4.69) is 19.8 Å². The molecule has 0 radical (unpaired) electrons. The Bertz CT molecular complexity index is 1610. The number of ether oxygens (including phenoxy) is 1. The highest BCUT2D eigenvalue weighted by Gasteiger charge is 2.28. The average molecular weight is 585 g/mol. The Morgan fingerprint density at radius 1 is 0.810 bits per heavy atom. The van der Waals surface area contributed by atoms with Crippen LogP contribution in [0.3, 0.4) is 0 Å². The van der Waals surface area contributed by atoms with Gasteiger partial charge in [-0.1, -0.05) is 72.8 Å². The smallest absolute Gasteiger partial charge is 0.243 e. The van der Waals surface area contributed by atoms with Gasteiger partial charge < -0.3 is 19.9 Å². The van der Waals surface area contributed by atoms with Crippen LogP contribution in [-0.4, -0.2) is 47.6 Å². The molecule has 5 rings (SSSR count). The van der Waals surface area contributed by atoms with Gasteiger partial charge in [-0.15, -0.1) is 0 Å². The van der Waals surface area contributed by atoms with Crippen molar-refractivity contribution in [3.8, 4) is 5.75 Å². The average Bonchev–Trinajstić information content (AvgIpc) is 3.02. The maximum absolute atomic E-state index is 13.9. The van der Waals surface area contributed by atoms with Crippen molar-refractivity contribution in [2.45, 2.75) is 24.3 Å². The first kappa shape index (κ1) is 29.2. The number of methoxy groups -OCH3 is 1. The summed E-state index contributed by atoms with van der Waals surface area (Å²) in [5, 5.41) is 2.89. The predicted octanol–water partition coefficient (Wildman–Crippen LogP) is 5.24. The summed E-state index contributed by atoms with van der Waals surface area (Å²) in [7, 11) is -2.30. The second-order valence-corrected chi connectivity index (χ2v) is 12.0. The molecule has 9 heteroatoms. The molecule has 218 valence electrons. The van der Waals surface area contributed by atoms with Crippen molar-refractivity contribution in [1.82, 2.24) is 4.72 Å². The Morgan fingerprint density at radius 2 is 1.40 bits per heavy atom. The molecular weight excluding hydrogens is 548 g/mol. The normalized spacial score (nSPS) is 14.3. The first-order valence-corrected chi connectivity index (χ1v) is 15.5. The molecule has 0 aromatic heterocycles. The molecule has 1 aliphatic rings. The molecule has 0 aliphatic carbocycles. The number of piperazine rings is 1. The number of sulfonamides is 1. The van der Waals surface area contributed by atoms with E-state index < -0.39 is 16.1 Å². The Hall–Kier alpha value is -4.34. The predicted molar refractivity (Wildman–Crippen MR) is 168 cm³/mol. The van der Waals surface area contributed by atoms with Gasteiger partial charge in [0.15, 0.2) is 0 Å². The number of para-hydroxylation sites is 2. The Labute approximate surface area is 248 Å². The number of benzene rings is 4. The van der Waals surface area contributed by atoms with Gasteiger partial charge in [-0.25, -0.2) is 13.1 Å². The third kappa shape index (κ3) is 6.92. The quantitative estimate of drug-likeness (QED) is 0.265. The van der Waals surface area contributed by atoms with Gasteiger partial charge in [0.1, 0.15) is 10.6 Å². The molecule has 1 amide bonds. The molecule has 8 nitrogen and oxygen atoms in total. The number of amides is 1. The van der Waals surface area contributed by atoms with Gasteiger partial charge in [0.2, 0.25) is 15.9 Å². The number of carbonyl (C=O) groups is 1. The SMILES string of the molecule is COc1ccccc1N1CCN(c2ccc(NC(=O)Cc3ccccc3)cc2S(=O)(=O)N[C@H](C)c2ccccc2)CC1. The standard InChI is InChI=1S/C33H36N4O4S/c1-25(27-13-7-4-8-14-27)35-42(39,40)32-24-28(34-33(38)23-26-11-5-3-6-12-26)17-18-30(32)37-21-19-36(20-22-37)29-15-9-10-16-31(29)41-2/h3-18,24-25,35H,19-23H2,1-2H3,(H,34,38)/t25-/m1/s1. The molecule has 0 bridgehead atoms. The van der Waals surface area contributed by atoms with Crippen LogP contribution < -0.4 is 24.6 Å². The fourth-order valence-corrected chi connectivity index (χ4v) is 6.72. The van der Waals surface area contributed by atoms with E-state index in [1.165, 1.54) is 0 Å². The maximum atomic E-state index is 13.9. The van der Waals surface area contributed by atoms with Gasteiger partial charge in [-0.2, -0.15) is 0 Å². The van der Waals surface area contributed by atoms with Crippen molar-refractivity contribution >= 4 is 33.0 Å². The zero-order chi connectivity index (χ0) is 29.5. The molecule has 1 fully saturated rings. The lowest BCUT2D eigenvalue weighted by atomic mass is 10.1. The summed E-state index contributed by atoms with van der Waals surface area (Å²) in [5.74, 6) is 0.595. The number of nitrogens with zero attached hydrogens (tertiary/aromatic N) is 2. The molecule has 0 unspecified atom stereocenters. The molecule has 4 aromatic carbocycles. The van der Waals surface area contributed by atoms with Crippen molar-refractivity contribution in [1.29, 1.82) is 0 Å². The molecule has 0 saturated carbocycles. The van der Waals surface area contributed by atoms with Gasteiger partial charge in [0.05, 0.1) is 24.9 Å². The molecule has 1 saturated heterocycles. The minimum atomic E-state index is -3.96. The summed E-state index contributed by atoms with van der Waals surface area (Å²) in [6.07, 6.45) is 0.193. The van der Waals surface area contributed by atoms with E-state index in [0.717, 1.165) is 22.6 Å². The van der Waals surface area contributed by atoms with E-state index in [4.69, 9.17) is 4.74 Å². The highest BCUT2D eigenvalue weighted by Crippen LogP contribution is 2.33. The molecule has 1 heterocycles. The van der Waals surface area contributed by atoms with Gasteiger partial charge in [0.25, 0.3) is 0 Å². The lowest BCUT2D eigenvalue weighted by Crippen LogP contribution is -2.47. The molecule has 1 atom stereocenters. The zero-order valence-corrected chi connectivity index (χ0v) is 24.7. The van der Waals surface area contributed by atoms with Crippen molar-refractivity contribution in [3.63, 3.8) is 0 Å². The van der Waals surface area contributed by atoms with Gasteiger partial charge in [-0.3, -0.25) is 4.79 Å². The van der Waals surface area contributed by atoms with Crippen LogP contribution in [0, 0.1) is 0 Å². The van der Waals surface area contributed by atoms with Crippen LogP contribution in [0.4, 0.5) is 17.1 Å². The molecule has 2 N–H and O–H groups in total. The number of carbonyl (C=O) groups excluding carboxylic acids is 1. The van der Waals surface area contributed by atoms with Gasteiger partial charge >= 0.3 is 0 Å². The summed E-state index contributed by atoms with van der Waals surface area (Å²) in [6, 6.07) is 31.5. The second kappa shape index (κ2) is 13.1. The zero-order valence-electron chi connectivity index (χ0n) is 23.9. The Morgan fingerprint density at radius 3 is 2.07 bits per heavy atom. The number of rotatable bonds is 10. The minimum Gasteiger partial charge on any atom is -0.495 e. The summed E-state index contributed by atoms with van der Waals surface area (Å²) >= 11 is 0. The van der Waals surface area contributed by atoms with Crippen LogP contribution in [0.2, 0.25) is 0 Å². The van der Waals surface area contributed by atoms with Crippen LogP contribution in [0.25, 0.3) is 0 Å². The van der Waals surface area contributed by atoms with E-state index in [9.17, 15) is 13.2 Å². The summed E-state index contributed by atoms with van der Waals surface area (Å²) < 4.78 is 36.2. The summed E-state index contributed by atoms with van der Waals surface area (Å²) in [4.78, 5) is 17.3. The molecule has 1 aliphatic heterocycles. The van der Waals surface area contributed by atoms with Crippen LogP contribution in [0.5, 0.6) is 5.75 Å². The van der Waals surface area contributed by atoms with Crippen LogP contribution in [0.15, 0.2) is 108 Å². The van der Waals surface area contributed by atoms with Crippen molar-refractivity contribution < 1.29 is 17.9 Å². The minimum absolute atomic E-state index is 0.133. The topological polar surface area (TPSA) is 91.0 Å². The third-order valence-corrected chi connectivity index (χ3v) is 8.99. The van der Waals surface area contributed by atoms with Gasteiger partial charge in [0, 0.05) is 37.9 Å². The maximum Gasteiger partial charge on any atom is 0.243 e. The fourth-order valence-electron chi connectivity index (χ4n) is 5.24. The first-order chi connectivity index (χ1) is 20.3. The van der Waals surface area contributed by atoms with E-state index >= 15 is 0 Å². The first-order valence-electron chi connectivity index (χ1n) is 14.0. The van der Waals surface area contributed by atoms with Crippen LogP contribution >= 0.6 is 0 Å². The largest absolute Gasteiger partial charge is 0.495 e.